The highest BCUT2D eigenvalue weighted by molar-refractivity contribution is 5.72. The fourth-order valence-corrected chi connectivity index (χ4v) is 1.47. The summed E-state index contributed by atoms with van der Waals surface area (Å²) >= 11 is 0. The molecule has 0 unspecified atom stereocenters. The van der Waals surface area contributed by atoms with Gasteiger partial charge < -0.3 is 4.74 Å². The van der Waals surface area contributed by atoms with Crippen LogP contribution in [0.15, 0.2) is 30.3 Å². The molecule has 1 aromatic rings. The minimum absolute atomic E-state index is 0.163. The van der Waals surface area contributed by atoms with Gasteiger partial charge in [0.25, 0.3) is 0 Å². The quantitative estimate of drug-likeness (QED) is 0.553. The van der Waals surface area contributed by atoms with Crippen LogP contribution in [-0.4, -0.2) is 12.6 Å². The number of unbranched alkanes of at least 4 members (excludes halogenated alkanes) is 3. The first kappa shape index (κ1) is 16.7. The first-order chi connectivity index (χ1) is 8.74. The number of rotatable bonds is 6. The van der Waals surface area contributed by atoms with Gasteiger partial charge in [0.2, 0.25) is 0 Å². The second-order valence-electron chi connectivity index (χ2n) is 4.17. The number of carbonyl (C=O) groups is 1. The van der Waals surface area contributed by atoms with Gasteiger partial charge in [-0.15, -0.1) is 0 Å². The Labute approximate surface area is 111 Å². The van der Waals surface area contributed by atoms with Gasteiger partial charge in [-0.1, -0.05) is 69.9 Å². The van der Waals surface area contributed by atoms with E-state index in [1.807, 2.05) is 37.3 Å². The monoisotopic (exact) mass is 250 g/mol. The molecule has 0 saturated carbocycles. The van der Waals surface area contributed by atoms with E-state index in [0.29, 0.717) is 13.0 Å². The van der Waals surface area contributed by atoms with E-state index in [1.54, 1.807) is 0 Å². The predicted octanol–water partition coefficient (Wildman–Crippen LogP) is 4.38. The van der Waals surface area contributed by atoms with Crippen LogP contribution in [0, 0.1) is 0 Å². The first-order valence-corrected chi connectivity index (χ1v) is 6.94. The van der Waals surface area contributed by atoms with Crippen molar-refractivity contribution < 1.29 is 9.53 Å². The SMILES string of the molecule is CCCCCC.CCOC(=O)Cc1ccccc1. The Morgan fingerprint density at radius 3 is 2.00 bits per heavy atom. The van der Waals surface area contributed by atoms with Gasteiger partial charge in [0.15, 0.2) is 0 Å². The van der Waals surface area contributed by atoms with Gasteiger partial charge in [-0.3, -0.25) is 4.79 Å². The third kappa shape index (κ3) is 9.88. The summed E-state index contributed by atoms with van der Waals surface area (Å²) < 4.78 is 4.81. The third-order valence-corrected chi connectivity index (χ3v) is 2.45. The molecule has 0 radical (unpaired) electrons. The maximum atomic E-state index is 11.0. The Hall–Kier alpha value is -1.31. The molecule has 0 bridgehead atoms. The van der Waals surface area contributed by atoms with E-state index < -0.39 is 0 Å². The Morgan fingerprint density at radius 1 is 1.00 bits per heavy atom. The largest absolute Gasteiger partial charge is 0.466 e. The second-order valence-corrected chi connectivity index (χ2v) is 4.17. The number of esters is 1. The summed E-state index contributed by atoms with van der Waals surface area (Å²) in [5.41, 5.74) is 0.996. The zero-order valence-electron chi connectivity index (χ0n) is 11.9. The number of hydrogen-bond acceptors (Lipinski definition) is 2. The Morgan fingerprint density at radius 2 is 1.56 bits per heavy atom. The van der Waals surface area contributed by atoms with Crippen LogP contribution in [0.4, 0.5) is 0 Å². The smallest absolute Gasteiger partial charge is 0.310 e. The van der Waals surface area contributed by atoms with Crippen molar-refractivity contribution in [3.63, 3.8) is 0 Å². The molecule has 0 aliphatic heterocycles. The fraction of sp³-hybridized carbons (Fsp3) is 0.562. The molecule has 2 heteroatoms. The van der Waals surface area contributed by atoms with Crippen molar-refractivity contribution >= 4 is 5.97 Å². The standard InChI is InChI=1S/C10H12O2.C6H14/c1-2-12-10(11)8-9-6-4-3-5-7-9;1-3-5-6-4-2/h3-7H,2,8H2,1H3;3-6H2,1-2H3. The molecule has 0 atom stereocenters. The van der Waals surface area contributed by atoms with Crippen LogP contribution in [0.1, 0.15) is 52.0 Å². The maximum absolute atomic E-state index is 11.0. The van der Waals surface area contributed by atoms with E-state index in [-0.39, 0.29) is 5.97 Å². The summed E-state index contributed by atoms with van der Waals surface area (Å²) in [4.78, 5) is 11.0. The molecule has 1 rings (SSSR count). The Bertz CT molecular complexity index is 289. The molecule has 18 heavy (non-hydrogen) atoms. The van der Waals surface area contributed by atoms with Gasteiger partial charge in [-0.25, -0.2) is 0 Å². The predicted molar refractivity (Wildman–Crippen MR) is 76.6 cm³/mol. The molecule has 0 aromatic heterocycles. The number of hydrogen-bond donors (Lipinski definition) is 0. The molecular weight excluding hydrogens is 224 g/mol. The van der Waals surface area contributed by atoms with E-state index in [9.17, 15) is 4.79 Å². The van der Waals surface area contributed by atoms with Gasteiger partial charge in [0.1, 0.15) is 0 Å². The summed E-state index contributed by atoms with van der Waals surface area (Å²) in [5, 5.41) is 0. The lowest BCUT2D eigenvalue weighted by Crippen LogP contribution is -2.06. The zero-order chi connectivity index (χ0) is 13.6. The molecule has 102 valence electrons. The molecule has 0 heterocycles. The first-order valence-electron chi connectivity index (χ1n) is 6.94. The highest BCUT2D eigenvalue weighted by Gasteiger charge is 2.01. The van der Waals surface area contributed by atoms with E-state index in [0.717, 1.165) is 5.56 Å². The maximum Gasteiger partial charge on any atom is 0.310 e. The molecular formula is C16H26O2. The third-order valence-electron chi connectivity index (χ3n) is 2.45. The van der Waals surface area contributed by atoms with Crippen molar-refractivity contribution in [3.8, 4) is 0 Å². The molecule has 0 spiro atoms. The average Bonchev–Trinajstić information content (AvgIpc) is 2.38. The van der Waals surface area contributed by atoms with Crippen LogP contribution in [0.25, 0.3) is 0 Å². The minimum Gasteiger partial charge on any atom is -0.466 e. The summed E-state index contributed by atoms with van der Waals surface area (Å²) in [6.45, 7) is 6.72. The van der Waals surface area contributed by atoms with Crippen molar-refractivity contribution in [2.24, 2.45) is 0 Å². The highest BCUT2D eigenvalue weighted by atomic mass is 16.5. The van der Waals surface area contributed by atoms with Crippen LogP contribution < -0.4 is 0 Å². The molecule has 0 fully saturated rings. The van der Waals surface area contributed by atoms with Gasteiger partial charge in [0.05, 0.1) is 13.0 Å². The molecule has 0 amide bonds. The van der Waals surface area contributed by atoms with Crippen molar-refractivity contribution in [3.05, 3.63) is 35.9 Å². The summed E-state index contributed by atoms with van der Waals surface area (Å²) in [7, 11) is 0. The van der Waals surface area contributed by atoms with Crippen molar-refractivity contribution in [1.29, 1.82) is 0 Å². The van der Waals surface area contributed by atoms with Gasteiger partial charge in [-0.05, 0) is 12.5 Å². The van der Waals surface area contributed by atoms with Crippen LogP contribution in [0.5, 0.6) is 0 Å². The molecule has 0 saturated heterocycles. The van der Waals surface area contributed by atoms with Gasteiger partial charge >= 0.3 is 5.97 Å². The molecule has 1 aromatic carbocycles. The van der Waals surface area contributed by atoms with Crippen LogP contribution in [-0.2, 0) is 16.0 Å². The van der Waals surface area contributed by atoms with E-state index in [2.05, 4.69) is 13.8 Å². The molecule has 0 N–H and O–H groups in total. The van der Waals surface area contributed by atoms with Crippen molar-refractivity contribution in [2.75, 3.05) is 6.61 Å². The second kappa shape index (κ2) is 12.2. The van der Waals surface area contributed by atoms with Crippen molar-refractivity contribution in [2.45, 2.75) is 52.9 Å². The van der Waals surface area contributed by atoms with Gasteiger partial charge in [-0.2, -0.15) is 0 Å². The van der Waals surface area contributed by atoms with E-state index in [4.69, 9.17) is 4.74 Å². The normalized spacial score (nSPS) is 9.28. The summed E-state index contributed by atoms with van der Waals surface area (Å²) in [6.07, 6.45) is 5.91. The zero-order valence-corrected chi connectivity index (χ0v) is 11.9. The molecule has 2 nitrogen and oxygen atoms in total. The lowest BCUT2D eigenvalue weighted by Gasteiger charge is -2.00. The molecule has 0 aliphatic rings. The van der Waals surface area contributed by atoms with Crippen LogP contribution in [0.3, 0.4) is 0 Å². The fourth-order valence-electron chi connectivity index (χ4n) is 1.47. The van der Waals surface area contributed by atoms with Crippen molar-refractivity contribution in [1.82, 2.24) is 0 Å². The summed E-state index contributed by atoms with van der Waals surface area (Å²) in [6, 6.07) is 9.58. The topological polar surface area (TPSA) is 26.3 Å². The number of benzene rings is 1. The lowest BCUT2D eigenvalue weighted by atomic mass is 10.2. The number of ether oxygens (including phenoxy) is 1. The summed E-state index contributed by atoms with van der Waals surface area (Å²) in [5.74, 6) is -0.163. The Kier molecular flexibility index (Phi) is 11.3. The van der Waals surface area contributed by atoms with Gasteiger partial charge in [0, 0.05) is 0 Å². The highest BCUT2D eigenvalue weighted by Crippen LogP contribution is 2.00. The Balaban J connectivity index is 0.000000411. The lowest BCUT2D eigenvalue weighted by molar-refractivity contribution is -0.142. The number of carbonyl (C=O) groups excluding carboxylic acids is 1. The van der Waals surface area contributed by atoms with E-state index >= 15 is 0 Å². The van der Waals surface area contributed by atoms with Crippen LogP contribution >= 0.6 is 0 Å². The van der Waals surface area contributed by atoms with Crippen LogP contribution in [0.2, 0.25) is 0 Å². The average molecular weight is 250 g/mol. The minimum atomic E-state index is -0.163. The molecule has 0 aliphatic carbocycles. The van der Waals surface area contributed by atoms with E-state index in [1.165, 1.54) is 25.7 Å².